The second-order valence-electron chi connectivity index (χ2n) is 4.46. The third kappa shape index (κ3) is 10.4. The van der Waals surface area contributed by atoms with Crippen molar-refractivity contribution in [1.82, 2.24) is 4.90 Å². The summed E-state index contributed by atoms with van der Waals surface area (Å²) in [4.78, 5) is 2.94. The molecule has 2 N–H and O–H groups in total. The SMILES string of the molecule is CCCCCCCCCN(CC)CC(N)=S. The minimum absolute atomic E-state index is 0.616. The molecule has 0 bridgehead atoms. The van der Waals surface area contributed by atoms with Crippen molar-refractivity contribution in [3.63, 3.8) is 0 Å². The Labute approximate surface area is 107 Å². The Bertz CT molecular complexity index is 171. The molecule has 0 aromatic rings. The Hall–Kier alpha value is -0.150. The number of unbranched alkanes of at least 4 members (excludes halogenated alkanes) is 6. The van der Waals surface area contributed by atoms with Gasteiger partial charge in [-0.25, -0.2) is 0 Å². The molecule has 0 amide bonds. The lowest BCUT2D eigenvalue weighted by atomic mass is 10.1. The topological polar surface area (TPSA) is 29.3 Å². The first-order chi connectivity index (χ1) is 7.70. The van der Waals surface area contributed by atoms with Crippen molar-refractivity contribution in [2.45, 2.75) is 58.8 Å². The monoisotopic (exact) mass is 244 g/mol. The van der Waals surface area contributed by atoms with E-state index in [-0.39, 0.29) is 0 Å². The first kappa shape index (κ1) is 15.9. The molecule has 0 spiro atoms. The summed E-state index contributed by atoms with van der Waals surface area (Å²) in [5.41, 5.74) is 5.54. The predicted octanol–water partition coefficient (Wildman–Crippen LogP) is 3.35. The van der Waals surface area contributed by atoms with Gasteiger partial charge in [0, 0.05) is 6.54 Å². The lowest BCUT2D eigenvalue weighted by molar-refractivity contribution is 0.318. The highest BCUT2D eigenvalue weighted by Crippen LogP contribution is 2.07. The van der Waals surface area contributed by atoms with E-state index in [0.29, 0.717) is 4.99 Å². The summed E-state index contributed by atoms with van der Waals surface area (Å²) in [6.45, 7) is 7.39. The summed E-state index contributed by atoms with van der Waals surface area (Å²) < 4.78 is 0. The fraction of sp³-hybridized carbons (Fsp3) is 0.923. The van der Waals surface area contributed by atoms with Crippen LogP contribution in [0.2, 0.25) is 0 Å². The second-order valence-corrected chi connectivity index (χ2v) is 4.98. The number of nitrogens with two attached hydrogens (primary N) is 1. The van der Waals surface area contributed by atoms with Gasteiger partial charge in [-0.15, -0.1) is 0 Å². The van der Waals surface area contributed by atoms with E-state index in [2.05, 4.69) is 18.7 Å². The van der Waals surface area contributed by atoms with Gasteiger partial charge in [0.05, 0.1) is 4.99 Å². The van der Waals surface area contributed by atoms with Crippen LogP contribution in [0.5, 0.6) is 0 Å². The van der Waals surface area contributed by atoms with Crippen LogP contribution in [0.3, 0.4) is 0 Å². The standard InChI is InChI=1S/C13H28N2S/c1-3-5-6-7-8-9-10-11-15(4-2)12-13(14)16/h3-12H2,1-2H3,(H2,14,16). The van der Waals surface area contributed by atoms with Crippen LogP contribution in [-0.4, -0.2) is 29.5 Å². The first-order valence-electron chi connectivity index (χ1n) is 6.71. The number of thiocarbonyl (C=S) groups is 1. The number of hydrogen-bond acceptors (Lipinski definition) is 2. The van der Waals surface area contributed by atoms with Crippen LogP contribution in [0.15, 0.2) is 0 Å². The number of nitrogens with zero attached hydrogens (tertiary/aromatic N) is 1. The molecule has 0 fully saturated rings. The zero-order chi connectivity index (χ0) is 12.2. The number of rotatable bonds is 11. The van der Waals surface area contributed by atoms with E-state index in [0.717, 1.165) is 19.6 Å². The maximum atomic E-state index is 5.54. The molecule has 0 radical (unpaired) electrons. The van der Waals surface area contributed by atoms with Crippen LogP contribution in [0.25, 0.3) is 0 Å². The molecule has 3 heteroatoms. The summed E-state index contributed by atoms with van der Waals surface area (Å²) in [5.74, 6) is 0. The molecule has 96 valence electrons. The molecule has 0 aliphatic rings. The maximum absolute atomic E-state index is 5.54. The fourth-order valence-corrected chi connectivity index (χ4v) is 2.04. The molecule has 0 aromatic carbocycles. The zero-order valence-electron chi connectivity index (χ0n) is 11.0. The van der Waals surface area contributed by atoms with Gasteiger partial charge in [-0.1, -0.05) is 64.6 Å². The lowest BCUT2D eigenvalue weighted by Crippen LogP contribution is -2.33. The minimum Gasteiger partial charge on any atom is -0.392 e. The van der Waals surface area contributed by atoms with Crippen LogP contribution in [0.4, 0.5) is 0 Å². The Morgan fingerprint density at radius 2 is 1.56 bits per heavy atom. The van der Waals surface area contributed by atoms with Gasteiger partial charge in [0.25, 0.3) is 0 Å². The van der Waals surface area contributed by atoms with Crippen LogP contribution in [0.1, 0.15) is 58.8 Å². The Morgan fingerprint density at radius 1 is 1.00 bits per heavy atom. The fourth-order valence-electron chi connectivity index (χ4n) is 1.86. The van der Waals surface area contributed by atoms with Crippen molar-refractivity contribution in [2.75, 3.05) is 19.6 Å². The average Bonchev–Trinajstić information content (AvgIpc) is 2.25. The van der Waals surface area contributed by atoms with Gasteiger partial charge in [-0.3, -0.25) is 4.90 Å². The van der Waals surface area contributed by atoms with Gasteiger partial charge in [-0.05, 0) is 19.5 Å². The largest absolute Gasteiger partial charge is 0.392 e. The summed E-state index contributed by atoms with van der Waals surface area (Å²) in [7, 11) is 0. The van der Waals surface area contributed by atoms with Crippen molar-refractivity contribution < 1.29 is 0 Å². The molecule has 0 saturated heterocycles. The van der Waals surface area contributed by atoms with Crippen molar-refractivity contribution in [3.05, 3.63) is 0 Å². The molecule has 0 rings (SSSR count). The molecule has 2 nitrogen and oxygen atoms in total. The molecule has 0 aliphatic heterocycles. The van der Waals surface area contributed by atoms with Gasteiger partial charge in [0.15, 0.2) is 0 Å². The lowest BCUT2D eigenvalue weighted by Gasteiger charge is -2.19. The number of likely N-dealkylation sites (N-methyl/N-ethyl adjacent to an activating group) is 1. The predicted molar refractivity (Wildman–Crippen MR) is 76.9 cm³/mol. The van der Waals surface area contributed by atoms with Crippen molar-refractivity contribution >= 4 is 17.2 Å². The van der Waals surface area contributed by atoms with Crippen LogP contribution in [-0.2, 0) is 0 Å². The third-order valence-electron chi connectivity index (χ3n) is 2.90. The Kier molecular flexibility index (Phi) is 11.2. The normalized spacial score (nSPS) is 10.9. The zero-order valence-corrected chi connectivity index (χ0v) is 11.8. The van der Waals surface area contributed by atoms with E-state index in [4.69, 9.17) is 18.0 Å². The van der Waals surface area contributed by atoms with Crippen molar-refractivity contribution in [2.24, 2.45) is 5.73 Å². The van der Waals surface area contributed by atoms with Gasteiger partial charge in [-0.2, -0.15) is 0 Å². The van der Waals surface area contributed by atoms with Gasteiger partial charge in [0.2, 0.25) is 0 Å². The van der Waals surface area contributed by atoms with E-state index < -0.39 is 0 Å². The second kappa shape index (κ2) is 11.3. The summed E-state index contributed by atoms with van der Waals surface area (Å²) in [6, 6.07) is 0. The molecule has 0 aromatic heterocycles. The first-order valence-corrected chi connectivity index (χ1v) is 7.12. The van der Waals surface area contributed by atoms with E-state index in [1.54, 1.807) is 0 Å². The smallest absolute Gasteiger partial charge is 0.0870 e. The Balaban J connectivity index is 3.31. The van der Waals surface area contributed by atoms with Gasteiger partial charge >= 0.3 is 0 Å². The molecular weight excluding hydrogens is 216 g/mol. The summed E-state index contributed by atoms with van der Waals surface area (Å²) >= 11 is 4.92. The van der Waals surface area contributed by atoms with Crippen LogP contribution >= 0.6 is 12.2 Å². The van der Waals surface area contributed by atoms with E-state index in [1.165, 1.54) is 44.9 Å². The highest BCUT2D eigenvalue weighted by Gasteiger charge is 2.02. The van der Waals surface area contributed by atoms with Crippen molar-refractivity contribution in [3.8, 4) is 0 Å². The van der Waals surface area contributed by atoms with Crippen molar-refractivity contribution in [1.29, 1.82) is 0 Å². The third-order valence-corrected chi connectivity index (χ3v) is 3.03. The van der Waals surface area contributed by atoms with E-state index in [9.17, 15) is 0 Å². The average molecular weight is 244 g/mol. The van der Waals surface area contributed by atoms with Crippen LogP contribution in [0, 0.1) is 0 Å². The van der Waals surface area contributed by atoms with Gasteiger partial charge in [0.1, 0.15) is 0 Å². The van der Waals surface area contributed by atoms with E-state index in [1.807, 2.05) is 0 Å². The summed E-state index contributed by atoms with van der Waals surface area (Å²) in [5, 5.41) is 0. The molecule has 16 heavy (non-hydrogen) atoms. The van der Waals surface area contributed by atoms with E-state index >= 15 is 0 Å². The molecule has 0 unspecified atom stereocenters. The van der Waals surface area contributed by atoms with Gasteiger partial charge < -0.3 is 5.73 Å². The quantitative estimate of drug-likeness (QED) is 0.446. The number of hydrogen-bond donors (Lipinski definition) is 1. The molecule has 0 aliphatic carbocycles. The highest BCUT2D eigenvalue weighted by molar-refractivity contribution is 7.80. The Morgan fingerprint density at radius 3 is 2.06 bits per heavy atom. The van der Waals surface area contributed by atoms with Crippen LogP contribution < -0.4 is 5.73 Å². The minimum atomic E-state index is 0.616. The molecular formula is C13H28N2S. The molecule has 0 saturated carbocycles. The molecule has 0 heterocycles. The molecule has 0 atom stereocenters. The highest BCUT2D eigenvalue weighted by atomic mass is 32.1. The summed E-state index contributed by atoms with van der Waals surface area (Å²) in [6.07, 6.45) is 9.53. The maximum Gasteiger partial charge on any atom is 0.0870 e.